The van der Waals surface area contributed by atoms with Crippen LogP contribution in [-0.4, -0.2) is 25.7 Å². The number of ketones is 1. The molecule has 0 spiro atoms. The fraction of sp³-hybridized carbons (Fsp3) is 0.250. The van der Waals surface area contributed by atoms with Gasteiger partial charge >= 0.3 is 0 Å². The maximum absolute atomic E-state index is 12.7. The predicted molar refractivity (Wildman–Crippen MR) is 106 cm³/mol. The summed E-state index contributed by atoms with van der Waals surface area (Å²) in [5.74, 6) is 0.145. The standard InChI is InChI=1S/C16H14ClN3O2S3/c1-3-20-14(22)12-13(19(2)16(23)25-12)18-15(20)24-8-11(21)9-4-6-10(17)7-5-9/h4-7H,3,8H2,1-2H3. The molecule has 0 unspecified atom stereocenters. The summed E-state index contributed by atoms with van der Waals surface area (Å²) in [4.78, 5) is 29.6. The van der Waals surface area contributed by atoms with Crippen LogP contribution in [0.3, 0.4) is 0 Å². The zero-order valence-corrected chi connectivity index (χ0v) is 16.7. The first-order valence-corrected chi connectivity index (χ1v) is 10.0. The van der Waals surface area contributed by atoms with Crippen molar-refractivity contribution < 1.29 is 4.79 Å². The monoisotopic (exact) mass is 411 g/mol. The highest BCUT2D eigenvalue weighted by molar-refractivity contribution is 7.99. The topological polar surface area (TPSA) is 56.9 Å². The van der Waals surface area contributed by atoms with Gasteiger partial charge in [-0.2, -0.15) is 0 Å². The van der Waals surface area contributed by atoms with Crippen molar-refractivity contribution in [3.63, 3.8) is 0 Å². The Kier molecular flexibility index (Phi) is 5.43. The van der Waals surface area contributed by atoms with E-state index in [0.29, 0.717) is 36.6 Å². The van der Waals surface area contributed by atoms with E-state index >= 15 is 0 Å². The Morgan fingerprint density at radius 3 is 2.68 bits per heavy atom. The van der Waals surface area contributed by atoms with E-state index in [1.807, 2.05) is 6.92 Å². The van der Waals surface area contributed by atoms with Crippen molar-refractivity contribution in [1.29, 1.82) is 0 Å². The number of benzene rings is 1. The molecule has 0 aliphatic rings. The highest BCUT2D eigenvalue weighted by Gasteiger charge is 2.16. The van der Waals surface area contributed by atoms with Gasteiger partial charge in [-0.25, -0.2) is 4.98 Å². The van der Waals surface area contributed by atoms with Crippen molar-refractivity contribution in [3.05, 3.63) is 49.2 Å². The molecule has 5 nitrogen and oxygen atoms in total. The van der Waals surface area contributed by atoms with Crippen LogP contribution in [0.25, 0.3) is 10.3 Å². The van der Waals surface area contributed by atoms with Crippen molar-refractivity contribution in [1.82, 2.24) is 14.1 Å². The van der Waals surface area contributed by atoms with Crippen LogP contribution in [0.5, 0.6) is 0 Å². The molecule has 0 radical (unpaired) electrons. The number of nitrogens with zero attached hydrogens (tertiary/aromatic N) is 3. The summed E-state index contributed by atoms with van der Waals surface area (Å²) in [5, 5.41) is 1.10. The summed E-state index contributed by atoms with van der Waals surface area (Å²) in [6.07, 6.45) is 0. The number of aryl methyl sites for hydroxylation is 1. The number of aromatic nitrogens is 3. The van der Waals surface area contributed by atoms with Gasteiger partial charge in [-0.3, -0.25) is 14.2 Å². The molecule has 1 aromatic carbocycles. The van der Waals surface area contributed by atoms with Gasteiger partial charge in [-0.1, -0.05) is 34.7 Å². The molecule has 0 saturated heterocycles. The number of carbonyl (C=O) groups excluding carboxylic acids is 1. The molecule has 3 aromatic rings. The molecule has 0 atom stereocenters. The van der Waals surface area contributed by atoms with Crippen LogP contribution in [-0.2, 0) is 13.6 Å². The van der Waals surface area contributed by atoms with E-state index in [0.717, 1.165) is 0 Å². The molecular weight excluding hydrogens is 398 g/mol. The van der Waals surface area contributed by atoms with Gasteiger partial charge in [0.2, 0.25) is 0 Å². The minimum absolute atomic E-state index is 0.0442. The number of hydrogen-bond acceptors (Lipinski definition) is 6. The Labute approximate surface area is 162 Å². The lowest BCUT2D eigenvalue weighted by atomic mass is 10.1. The lowest BCUT2D eigenvalue weighted by Crippen LogP contribution is -2.22. The molecule has 0 aliphatic heterocycles. The Bertz CT molecular complexity index is 1070. The summed E-state index contributed by atoms with van der Waals surface area (Å²) in [7, 11) is 1.79. The molecule has 25 heavy (non-hydrogen) atoms. The Balaban J connectivity index is 1.94. The van der Waals surface area contributed by atoms with Gasteiger partial charge in [0.25, 0.3) is 5.56 Å². The van der Waals surface area contributed by atoms with Crippen LogP contribution in [0.1, 0.15) is 17.3 Å². The van der Waals surface area contributed by atoms with E-state index in [1.165, 1.54) is 23.1 Å². The minimum Gasteiger partial charge on any atom is -0.311 e. The van der Waals surface area contributed by atoms with E-state index in [9.17, 15) is 9.59 Å². The fourth-order valence-corrected chi connectivity index (χ4v) is 4.58. The van der Waals surface area contributed by atoms with Crippen molar-refractivity contribution in [2.24, 2.45) is 7.05 Å². The summed E-state index contributed by atoms with van der Waals surface area (Å²) in [6.45, 7) is 2.36. The lowest BCUT2D eigenvalue weighted by Gasteiger charge is -2.09. The summed E-state index contributed by atoms with van der Waals surface area (Å²) < 4.78 is 4.44. The average molecular weight is 412 g/mol. The first kappa shape index (κ1) is 18.3. The molecule has 3 rings (SSSR count). The first-order valence-electron chi connectivity index (χ1n) is 7.44. The van der Waals surface area contributed by atoms with Crippen LogP contribution in [0.4, 0.5) is 0 Å². The van der Waals surface area contributed by atoms with Gasteiger partial charge in [0.15, 0.2) is 20.5 Å². The third kappa shape index (κ3) is 3.57. The summed E-state index contributed by atoms with van der Waals surface area (Å²) in [6, 6.07) is 6.75. The highest BCUT2D eigenvalue weighted by atomic mass is 35.5. The van der Waals surface area contributed by atoms with E-state index < -0.39 is 0 Å². The number of thiazole rings is 1. The zero-order valence-electron chi connectivity index (χ0n) is 13.5. The van der Waals surface area contributed by atoms with Gasteiger partial charge in [-0.15, -0.1) is 0 Å². The van der Waals surface area contributed by atoms with Crippen molar-refractivity contribution >= 4 is 63.0 Å². The molecular formula is C16H14ClN3O2S3. The summed E-state index contributed by atoms with van der Waals surface area (Å²) in [5.41, 5.74) is 1.02. The van der Waals surface area contributed by atoms with Gasteiger partial charge in [-0.05, 0) is 43.4 Å². The molecule has 0 amide bonds. The molecule has 2 aromatic heterocycles. The molecule has 0 fully saturated rings. The smallest absolute Gasteiger partial charge is 0.273 e. The number of thioether (sulfide) groups is 1. The van der Waals surface area contributed by atoms with Crippen LogP contribution < -0.4 is 5.56 Å². The van der Waals surface area contributed by atoms with Crippen LogP contribution >= 0.6 is 46.9 Å². The third-order valence-corrected chi connectivity index (χ3v) is 6.43. The largest absolute Gasteiger partial charge is 0.311 e. The second-order valence-electron chi connectivity index (χ2n) is 5.24. The van der Waals surface area contributed by atoms with E-state index in [1.54, 1.807) is 40.4 Å². The molecule has 130 valence electrons. The second-order valence-corrected chi connectivity index (χ2v) is 8.27. The second kappa shape index (κ2) is 7.41. The third-order valence-electron chi connectivity index (χ3n) is 3.67. The van der Waals surface area contributed by atoms with E-state index in [-0.39, 0.29) is 17.1 Å². The minimum atomic E-state index is -0.120. The van der Waals surface area contributed by atoms with E-state index in [4.69, 9.17) is 23.8 Å². The van der Waals surface area contributed by atoms with Crippen LogP contribution in [0.15, 0.2) is 34.2 Å². The summed E-state index contributed by atoms with van der Waals surface area (Å²) >= 11 is 13.6. The maximum atomic E-state index is 12.7. The Hall–Kier alpha value is -1.48. The van der Waals surface area contributed by atoms with Gasteiger partial charge < -0.3 is 4.57 Å². The molecule has 0 saturated carbocycles. The lowest BCUT2D eigenvalue weighted by molar-refractivity contribution is 0.102. The highest BCUT2D eigenvalue weighted by Crippen LogP contribution is 2.23. The van der Waals surface area contributed by atoms with Crippen molar-refractivity contribution in [3.8, 4) is 0 Å². The van der Waals surface area contributed by atoms with Crippen molar-refractivity contribution in [2.45, 2.75) is 18.6 Å². The first-order chi connectivity index (χ1) is 11.9. The number of halogens is 1. The predicted octanol–water partition coefficient (Wildman–Crippen LogP) is 4.17. The zero-order chi connectivity index (χ0) is 18.1. The van der Waals surface area contributed by atoms with Gasteiger partial charge in [0.1, 0.15) is 4.70 Å². The SMILES string of the molecule is CCn1c(SCC(=O)c2ccc(Cl)cc2)nc2c(sc(=S)n2C)c1=O. The van der Waals surface area contributed by atoms with Crippen molar-refractivity contribution in [2.75, 3.05) is 5.75 Å². The number of rotatable bonds is 5. The molecule has 2 heterocycles. The molecule has 0 N–H and O–H groups in total. The molecule has 0 aliphatic carbocycles. The Morgan fingerprint density at radius 2 is 2.04 bits per heavy atom. The normalized spacial score (nSPS) is 11.2. The fourth-order valence-electron chi connectivity index (χ4n) is 2.30. The number of fused-ring (bicyclic) bond motifs is 1. The average Bonchev–Trinajstić information content (AvgIpc) is 2.89. The van der Waals surface area contributed by atoms with E-state index in [2.05, 4.69) is 4.98 Å². The quantitative estimate of drug-likeness (QED) is 0.273. The number of carbonyl (C=O) groups is 1. The Morgan fingerprint density at radius 1 is 1.36 bits per heavy atom. The van der Waals surface area contributed by atoms with Crippen LogP contribution in [0.2, 0.25) is 5.02 Å². The number of Topliss-reactive ketones (excluding diaryl/α,β-unsaturated/α-hetero) is 1. The number of hydrogen-bond donors (Lipinski definition) is 0. The van der Waals surface area contributed by atoms with Gasteiger partial charge in [0.05, 0.1) is 5.75 Å². The molecule has 0 bridgehead atoms. The van der Waals surface area contributed by atoms with Gasteiger partial charge in [0, 0.05) is 24.2 Å². The molecule has 9 heteroatoms. The maximum Gasteiger partial charge on any atom is 0.273 e. The van der Waals surface area contributed by atoms with Crippen LogP contribution in [0, 0.1) is 3.95 Å².